The van der Waals surface area contributed by atoms with E-state index >= 15 is 0 Å². The number of nitrogens with one attached hydrogen (secondary N) is 1. The number of rotatable bonds is 4. The predicted molar refractivity (Wildman–Crippen MR) is 54.6 cm³/mol. The fraction of sp³-hybridized carbons (Fsp3) is 0.273. The lowest BCUT2D eigenvalue weighted by molar-refractivity contribution is -0.131. The van der Waals surface area contributed by atoms with Crippen molar-refractivity contribution in [3.8, 4) is 6.07 Å². The van der Waals surface area contributed by atoms with Crippen LogP contribution in [-0.2, 0) is 16.1 Å². The molecular formula is C11H12N2O2. The number of carbonyl (C=O) groups is 1. The average Bonchev–Trinajstić information content (AvgIpc) is 2.27. The second kappa shape index (κ2) is 5.78. The lowest BCUT2D eigenvalue weighted by Crippen LogP contribution is -2.21. The van der Waals surface area contributed by atoms with Crippen LogP contribution in [-0.4, -0.2) is 13.0 Å². The smallest absolute Gasteiger partial charge is 0.243 e. The molecule has 1 aromatic carbocycles. The molecule has 0 spiro atoms. The van der Waals surface area contributed by atoms with Gasteiger partial charge in [-0.1, -0.05) is 12.1 Å². The summed E-state index contributed by atoms with van der Waals surface area (Å²) in [5.74, 6) is -0.151. The lowest BCUT2D eigenvalue weighted by atomic mass is 10.1. The van der Waals surface area contributed by atoms with E-state index in [4.69, 9.17) is 5.26 Å². The Bertz CT molecular complexity index is 365. The Morgan fingerprint density at radius 1 is 1.47 bits per heavy atom. The molecule has 0 aromatic heterocycles. The van der Waals surface area contributed by atoms with Crippen molar-refractivity contribution in [3.05, 3.63) is 35.4 Å². The molecule has 78 valence electrons. The van der Waals surface area contributed by atoms with E-state index in [9.17, 15) is 4.79 Å². The molecule has 0 radical (unpaired) electrons. The van der Waals surface area contributed by atoms with Crippen molar-refractivity contribution in [2.24, 2.45) is 0 Å². The molecule has 4 heteroatoms. The van der Waals surface area contributed by atoms with Crippen LogP contribution < -0.4 is 5.48 Å². The molecule has 0 heterocycles. The Hall–Kier alpha value is -1.86. The summed E-state index contributed by atoms with van der Waals surface area (Å²) in [7, 11) is 1.40. The van der Waals surface area contributed by atoms with E-state index in [1.54, 1.807) is 12.1 Å². The van der Waals surface area contributed by atoms with Crippen molar-refractivity contribution in [2.45, 2.75) is 12.8 Å². The van der Waals surface area contributed by atoms with E-state index in [0.717, 1.165) is 5.56 Å². The molecule has 1 N–H and O–H groups in total. The summed E-state index contributed by atoms with van der Waals surface area (Å²) in [6, 6.07) is 9.21. The molecular weight excluding hydrogens is 192 g/mol. The molecule has 1 rings (SSSR count). The first-order chi connectivity index (χ1) is 7.26. The summed E-state index contributed by atoms with van der Waals surface area (Å²) in [6.45, 7) is 0. The predicted octanol–water partition coefficient (Wildman–Crippen LogP) is 1.17. The third-order valence-electron chi connectivity index (χ3n) is 1.94. The SMILES string of the molecule is CONC(=O)CCc1ccc(C#N)cc1. The van der Waals surface area contributed by atoms with Gasteiger partial charge in [-0.25, -0.2) is 5.48 Å². The maximum Gasteiger partial charge on any atom is 0.243 e. The van der Waals surface area contributed by atoms with Crippen molar-refractivity contribution in [2.75, 3.05) is 7.11 Å². The largest absolute Gasteiger partial charge is 0.277 e. The molecule has 0 bridgehead atoms. The molecule has 1 amide bonds. The van der Waals surface area contributed by atoms with Crippen LogP contribution in [0.5, 0.6) is 0 Å². The number of benzene rings is 1. The molecule has 0 fully saturated rings. The van der Waals surface area contributed by atoms with Gasteiger partial charge in [0.15, 0.2) is 0 Å². The highest BCUT2D eigenvalue weighted by Crippen LogP contribution is 2.05. The Morgan fingerprint density at radius 3 is 2.67 bits per heavy atom. The zero-order valence-corrected chi connectivity index (χ0v) is 8.49. The summed E-state index contributed by atoms with van der Waals surface area (Å²) < 4.78 is 0. The Morgan fingerprint density at radius 2 is 2.13 bits per heavy atom. The van der Waals surface area contributed by atoms with Crippen LogP contribution in [0.2, 0.25) is 0 Å². The Kier molecular flexibility index (Phi) is 4.32. The van der Waals surface area contributed by atoms with Gasteiger partial charge in [0.1, 0.15) is 0 Å². The van der Waals surface area contributed by atoms with E-state index in [1.807, 2.05) is 18.2 Å². The number of hydrogen-bond acceptors (Lipinski definition) is 3. The van der Waals surface area contributed by atoms with Gasteiger partial charge in [-0.15, -0.1) is 0 Å². The average molecular weight is 204 g/mol. The first-order valence-corrected chi connectivity index (χ1v) is 4.57. The highest BCUT2D eigenvalue weighted by molar-refractivity contribution is 5.75. The van der Waals surface area contributed by atoms with E-state index < -0.39 is 0 Å². The van der Waals surface area contributed by atoms with Crippen molar-refractivity contribution in [1.29, 1.82) is 5.26 Å². The normalized spacial score (nSPS) is 9.33. The zero-order chi connectivity index (χ0) is 11.1. The Balaban J connectivity index is 2.45. The second-order valence-corrected chi connectivity index (χ2v) is 3.04. The summed E-state index contributed by atoms with van der Waals surface area (Å²) in [5.41, 5.74) is 3.90. The van der Waals surface area contributed by atoms with Gasteiger partial charge in [0, 0.05) is 6.42 Å². The van der Waals surface area contributed by atoms with Gasteiger partial charge in [0.25, 0.3) is 0 Å². The molecule has 0 aliphatic rings. The van der Waals surface area contributed by atoms with E-state index in [-0.39, 0.29) is 5.91 Å². The monoisotopic (exact) mass is 204 g/mol. The van der Waals surface area contributed by atoms with Crippen LogP contribution in [0.3, 0.4) is 0 Å². The molecule has 0 aliphatic heterocycles. The van der Waals surface area contributed by atoms with Gasteiger partial charge in [-0.3, -0.25) is 9.63 Å². The van der Waals surface area contributed by atoms with Crippen molar-refractivity contribution < 1.29 is 9.63 Å². The van der Waals surface area contributed by atoms with Gasteiger partial charge in [0.2, 0.25) is 5.91 Å². The van der Waals surface area contributed by atoms with E-state index in [1.165, 1.54) is 7.11 Å². The quantitative estimate of drug-likeness (QED) is 0.749. The summed E-state index contributed by atoms with van der Waals surface area (Å²) in [6.07, 6.45) is 1.01. The molecule has 1 aromatic rings. The zero-order valence-electron chi connectivity index (χ0n) is 8.49. The second-order valence-electron chi connectivity index (χ2n) is 3.04. The van der Waals surface area contributed by atoms with Gasteiger partial charge < -0.3 is 0 Å². The first kappa shape index (κ1) is 11.2. The molecule has 0 saturated heterocycles. The topological polar surface area (TPSA) is 62.1 Å². The molecule has 0 unspecified atom stereocenters. The maximum atomic E-state index is 11.1. The fourth-order valence-corrected chi connectivity index (χ4v) is 1.17. The van der Waals surface area contributed by atoms with Crippen molar-refractivity contribution in [1.82, 2.24) is 5.48 Å². The van der Waals surface area contributed by atoms with Crippen LogP contribution in [0, 0.1) is 11.3 Å². The number of hydrogen-bond donors (Lipinski definition) is 1. The number of nitriles is 1. The van der Waals surface area contributed by atoms with Crippen molar-refractivity contribution in [3.63, 3.8) is 0 Å². The number of carbonyl (C=O) groups excluding carboxylic acids is 1. The van der Waals surface area contributed by atoms with E-state index in [2.05, 4.69) is 10.3 Å². The molecule has 0 atom stereocenters. The minimum Gasteiger partial charge on any atom is -0.277 e. The number of aryl methyl sites for hydroxylation is 1. The third-order valence-corrected chi connectivity index (χ3v) is 1.94. The summed E-state index contributed by atoms with van der Waals surface area (Å²) in [4.78, 5) is 15.5. The summed E-state index contributed by atoms with van der Waals surface area (Å²) >= 11 is 0. The van der Waals surface area contributed by atoms with Crippen LogP contribution in [0.25, 0.3) is 0 Å². The van der Waals surface area contributed by atoms with Gasteiger partial charge in [-0.05, 0) is 24.1 Å². The molecule has 0 saturated carbocycles. The van der Waals surface area contributed by atoms with Gasteiger partial charge >= 0.3 is 0 Å². The molecule has 4 nitrogen and oxygen atoms in total. The number of nitrogens with zero attached hydrogens (tertiary/aromatic N) is 1. The molecule has 0 aliphatic carbocycles. The van der Waals surface area contributed by atoms with E-state index in [0.29, 0.717) is 18.4 Å². The third kappa shape index (κ3) is 3.79. The number of amides is 1. The number of hydroxylamine groups is 1. The minimum absolute atomic E-state index is 0.151. The van der Waals surface area contributed by atoms with Crippen LogP contribution in [0.15, 0.2) is 24.3 Å². The van der Waals surface area contributed by atoms with Crippen LogP contribution in [0.4, 0.5) is 0 Å². The first-order valence-electron chi connectivity index (χ1n) is 4.57. The van der Waals surface area contributed by atoms with Gasteiger partial charge in [-0.2, -0.15) is 5.26 Å². The highest BCUT2D eigenvalue weighted by atomic mass is 16.6. The maximum absolute atomic E-state index is 11.1. The van der Waals surface area contributed by atoms with Crippen LogP contribution in [0.1, 0.15) is 17.5 Å². The molecule has 15 heavy (non-hydrogen) atoms. The Labute approximate surface area is 88.4 Å². The van der Waals surface area contributed by atoms with Gasteiger partial charge in [0.05, 0.1) is 18.7 Å². The fourth-order valence-electron chi connectivity index (χ4n) is 1.17. The highest BCUT2D eigenvalue weighted by Gasteiger charge is 2.01. The lowest BCUT2D eigenvalue weighted by Gasteiger charge is -2.02. The van der Waals surface area contributed by atoms with Crippen LogP contribution >= 0.6 is 0 Å². The van der Waals surface area contributed by atoms with Crippen molar-refractivity contribution >= 4 is 5.91 Å². The minimum atomic E-state index is -0.151. The summed E-state index contributed by atoms with van der Waals surface area (Å²) in [5, 5.41) is 8.59. The standard InChI is InChI=1S/C11H12N2O2/c1-15-13-11(14)7-6-9-2-4-10(8-12)5-3-9/h2-5H,6-7H2,1H3,(H,13,14).